The number of carbonyl (C=O) groups excluding carboxylic acids is 1. The van der Waals surface area contributed by atoms with Crippen LogP contribution in [0.25, 0.3) is 0 Å². The van der Waals surface area contributed by atoms with Crippen LogP contribution < -0.4 is 0 Å². The maximum absolute atomic E-state index is 11.3. The highest BCUT2D eigenvalue weighted by Gasteiger charge is 2.22. The zero-order valence-electron chi connectivity index (χ0n) is 8.52. The number of rotatable bonds is 4. The van der Waals surface area contributed by atoms with Crippen molar-refractivity contribution in [2.75, 3.05) is 6.61 Å². The molecule has 0 amide bonds. The minimum Gasteiger partial charge on any atom is -0.465 e. The molecule has 0 atom stereocenters. The molecular formula is C10H17BrO2. The maximum Gasteiger partial charge on any atom is 0.311 e. The Morgan fingerprint density at radius 1 is 1.46 bits per heavy atom. The van der Waals surface area contributed by atoms with Crippen LogP contribution in [0.1, 0.15) is 33.6 Å². The lowest BCUT2D eigenvalue weighted by molar-refractivity contribution is -0.153. The van der Waals surface area contributed by atoms with Gasteiger partial charge in [-0.25, -0.2) is 0 Å². The Hall–Kier alpha value is -0.310. The Morgan fingerprint density at radius 3 is 2.38 bits per heavy atom. The number of esters is 1. The summed E-state index contributed by atoms with van der Waals surface area (Å²) in [6.07, 6.45) is 1.67. The van der Waals surface area contributed by atoms with Crippen LogP contribution >= 0.6 is 15.9 Å². The van der Waals surface area contributed by atoms with Crippen LogP contribution in [0.5, 0.6) is 0 Å². The third kappa shape index (κ3) is 6.82. The second-order valence-corrected chi connectivity index (χ2v) is 5.13. The average molecular weight is 249 g/mol. The molecule has 0 heterocycles. The van der Waals surface area contributed by atoms with E-state index in [1.165, 1.54) is 0 Å². The Morgan fingerprint density at radius 2 is 2.00 bits per heavy atom. The van der Waals surface area contributed by atoms with Crippen LogP contribution in [0.4, 0.5) is 0 Å². The van der Waals surface area contributed by atoms with Gasteiger partial charge >= 0.3 is 5.97 Å². The van der Waals surface area contributed by atoms with Crippen LogP contribution in [-0.4, -0.2) is 12.6 Å². The molecule has 2 nitrogen and oxygen atoms in total. The summed E-state index contributed by atoms with van der Waals surface area (Å²) in [4.78, 5) is 11.3. The molecule has 0 unspecified atom stereocenters. The monoisotopic (exact) mass is 248 g/mol. The first-order valence-electron chi connectivity index (χ1n) is 4.34. The zero-order valence-corrected chi connectivity index (χ0v) is 10.1. The molecule has 0 rings (SSSR count). The molecule has 0 radical (unpaired) electrons. The molecule has 0 aromatic rings. The van der Waals surface area contributed by atoms with E-state index >= 15 is 0 Å². The van der Waals surface area contributed by atoms with E-state index in [4.69, 9.17) is 4.74 Å². The molecule has 0 spiro atoms. The highest BCUT2D eigenvalue weighted by Crippen LogP contribution is 2.16. The highest BCUT2D eigenvalue weighted by molar-refractivity contribution is 9.11. The predicted molar refractivity (Wildman–Crippen MR) is 57.7 cm³/mol. The average Bonchev–Trinajstić information content (AvgIpc) is 1.95. The zero-order chi connectivity index (χ0) is 10.5. The Labute approximate surface area is 88.5 Å². The van der Waals surface area contributed by atoms with Gasteiger partial charge < -0.3 is 4.74 Å². The first-order chi connectivity index (χ1) is 5.84. The summed E-state index contributed by atoms with van der Waals surface area (Å²) in [7, 11) is 0. The molecule has 0 aliphatic rings. The van der Waals surface area contributed by atoms with Gasteiger partial charge in [-0.1, -0.05) is 22.5 Å². The normalized spacial score (nSPS) is 11.1. The van der Waals surface area contributed by atoms with Crippen molar-refractivity contribution in [1.29, 1.82) is 0 Å². The Bertz CT molecular complexity index is 192. The summed E-state index contributed by atoms with van der Waals surface area (Å²) in [6, 6.07) is 0. The van der Waals surface area contributed by atoms with Crippen LogP contribution in [0.3, 0.4) is 0 Å². The van der Waals surface area contributed by atoms with Crippen molar-refractivity contribution in [3.63, 3.8) is 0 Å². The number of allylic oxidation sites excluding steroid dienone is 1. The van der Waals surface area contributed by atoms with Crippen molar-refractivity contribution in [2.24, 2.45) is 5.41 Å². The molecule has 76 valence electrons. The SMILES string of the molecule is C=C(Br)CCCOC(=O)C(C)(C)C. The molecule has 0 aromatic carbocycles. The van der Waals surface area contributed by atoms with Crippen LogP contribution in [0.2, 0.25) is 0 Å². The van der Waals surface area contributed by atoms with Crippen LogP contribution in [0, 0.1) is 5.41 Å². The van der Waals surface area contributed by atoms with Gasteiger partial charge in [-0.3, -0.25) is 4.79 Å². The van der Waals surface area contributed by atoms with Gasteiger partial charge in [0.05, 0.1) is 12.0 Å². The van der Waals surface area contributed by atoms with Gasteiger partial charge in [0.1, 0.15) is 0 Å². The van der Waals surface area contributed by atoms with Crippen LogP contribution in [-0.2, 0) is 9.53 Å². The quantitative estimate of drug-likeness (QED) is 0.564. The topological polar surface area (TPSA) is 26.3 Å². The minimum absolute atomic E-state index is 0.146. The number of hydrogen-bond donors (Lipinski definition) is 0. The Kier molecular flexibility index (Phi) is 5.30. The molecule has 0 N–H and O–H groups in total. The fourth-order valence-electron chi connectivity index (χ4n) is 0.645. The van der Waals surface area contributed by atoms with Gasteiger partial charge in [-0.05, 0) is 38.1 Å². The third-order valence-corrected chi connectivity index (χ3v) is 1.83. The van der Waals surface area contributed by atoms with E-state index in [1.807, 2.05) is 20.8 Å². The summed E-state index contributed by atoms with van der Waals surface area (Å²) in [5, 5.41) is 0. The maximum atomic E-state index is 11.3. The molecular weight excluding hydrogens is 232 g/mol. The second kappa shape index (κ2) is 5.43. The number of carbonyl (C=O) groups is 1. The van der Waals surface area contributed by atoms with Crippen molar-refractivity contribution in [3.05, 3.63) is 11.1 Å². The molecule has 0 aliphatic carbocycles. The summed E-state index contributed by atoms with van der Waals surface area (Å²) < 4.78 is 6.00. The number of halogens is 1. The van der Waals surface area contributed by atoms with Gasteiger partial charge in [0.15, 0.2) is 0 Å². The van der Waals surface area contributed by atoms with Crippen LogP contribution in [0.15, 0.2) is 11.1 Å². The second-order valence-electron chi connectivity index (χ2n) is 4.01. The first-order valence-corrected chi connectivity index (χ1v) is 5.14. The van der Waals surface area contributed by atoms with Crippen molar-refractivity contribution in [3.8, 4) is 0 Å². The number of ether oxygens (including phenoxy) is 1. The standard InChI is InChI=1S/C10H17BrO2/c1-8(11)6-5-7-13-9(12)10(2,3)4/h1,5-7H2,2-4H3. The highest BCUT2D eigenvalue weighted by atomic mass is 79.9. The van der Waals surface area contributed by atoms with E-state index in [2.05, 4.69) is 22.5 Å². The van der Waals surface area contributed by atoms with Gasteiger partial charge in [0, 0.05) is 0 Å². The molecule has 0 fully saturated rings. The molecule has 0 saturated heterocycles. The van der Waals surface area contributed by atoms with E-state index in [0.717, 1.165) is 17.3 Å². The minimum atomic E-state index is -0.397. The van der Waals surface area contributed by atoms with Crippen molar-refractivity contribution in [1.82, 2.24) is 0 Å². The van der Waals surface area contributed by atoms with Crippen molar-refractivity contribution < 1.29 is 9.53 Å². The fraction of sp³-hybridized carbons (Fsp3) is 0.700. The Balaban J connectivity index is 3.55. The fourth-order valence-corrected chi connectivity index (χ4v) is 0.926. The largest absolute Gasteiger partial charge is 0.465 e. The first kappa shape index (κ1) is 12.7. The van der Waals surface area contributed by atoms with E-state index < -0.39 is 5.41 Å². The molecule has 0 aromatic heterocycles. The summed E-state index contributed by atoms with van der Waals surface area (Å²) in [6.45, 7) is 9.71. The summed E-state index contributed by atoms with van der Waals surface area (Å²) in [5.41, 5.74) is -0.397. The van der Waals surface area contributed by atoms with E-state index in [-0.39, 0.29) is 5.97 Å². The lowest BCUT2D eigenvalue weighted by Gasteiger charge is -2.16. The van der Waals surface area contributed by atoms with E-state index in [0.29, 0.717) is 6.61 Å². The van der Waals surface area contributed by atoms with Gasteiger partial charge in [0.25, 0.3) is 0 Å². The van der Waals surface area contributed by atoms with E-state index in [1.54, 1.807) is 0 Å². The lowest BCUT2D eigenvalue weighted by atomic mass is 9.97. The predicted octanol–water partition coefficient (Wildman–Crippen LogP) is 3.26. The third-order valence-electron chi connectivity index (χ3n) is 1.44. The summed E-state index contributed by atoms with van der Waals surface area (Å²) >= 11 is 3.25. The lowest BCUT2D eigenvalue weighted by Crippen LogP contribution is -2.23. The molecule has 13 heavy (non-hydrogen) atoms. The molecule has 0 aliphatic heterocycles. The van der Waals surface area contributed by atoms with Crippen molar-refractivity contribution in [2.45, 2.75) is 33.6 Å². The van der Waals surface area contributed by atoms with Gasteiger partial charge in [0.2, 0.25) is 0 Å². The number of hydrogen-bond acceptors (Lipinski definition) is 2. The smallest absolute Gasteiger partial charge is 0.311 e. The summed E-state index contributed by atoms with van der Waals surface area (Å²) in [5.74, 6) is -0.146. The van der Waals surface area contributed by atoms with Gasteiger partial charge in [-0.2, -0.15) is 0 Å². The van der Waals surface area contributed by atoms with Gasteiger partial charge in [-0.15, -0.1) is 0 Å². The molecule has 3 heteroatoms. The van der Waals surface area contributed by atoms with Crippen molar-refractivity contribution >= 4 is 21.9 Å². The molecule has 0 bridgehead atoms. The van der Waals surface area contributed by atoms with E-state index in [9.17, 15) is 4.79 Å². The molecule has 0 saturated carbocycles.